The summed E-state index contributed by atoms with van der Waals surface area (Å²) in [5.74, 6) is 0.347. The molecular formula is C11H15NO. The molecule has 1 aromatic carbocycles. The molecule has 70 valence electrons. The predicted octanol–water partition coefficient (Wildman–Crippen LogP) is 1.82. The molecule has 0 amide bonds. The Morgan fingerprint density at radius 2 is 2.15 bits per heavy atom. The second-order valence-electron chi connectivity index (χ2n) is 4.03. The molecule has 2 heteroatoms. The number of phenols is 1. The van der Waals surface area contributed by atoms with Gasteiger partial charge in [0.1, 0.15) is 5.75 Å². The Kier molecular flexibility index (Phi) is 2.00. The fourth-order valence-electron chi connectivity index (χ4n) is 1.52. The van der Waals surface area contributed by atoms with Crippen LogP contribution in [0.15, 0.2) is 24.3 Å². The van der Waals surface area contributed by atoms with E-state index in [-0.39, 0.29) is 5.54 Å². The van der Waals surface area contributed by atoms with Crippen molar-refractivity contribution < 1.29 is 5.11 Å². The predicted molar refractivity (Wildman–Crippen MR) is 52.6 cm³/mol. The molecule has 0 aliphatic heterocycles. The normalized spacial score (nSPS) is 18.5. The summed E-state index contributed by atoms with van der Waals surface area (Å²) in [6.07, 6.45) is 4.33. The maximum atomic E-state index is 9.23. The topological polar surface area (TPSA) is 46.2 Å². The first kappa shape index (κ1) is 8.57. The lowest BCUT2D eigenvalue weighted by molar-refractivity contribution is 0.474. The van der Waals surface area contributed by atoms with Crippen molar-refractivity contribution in [3.8, 4) is 5.75 Å². The molecule has 0 saturated heterocycles. The van der Waals surface area contributed by atoms with Crippen LogP contribution in [0, 0.1) is 0 Å². The number of aromatic hydroxyl groups is 1. The summed E-state index contributed by atoms with van der Waals surface area (Å²) in [5, 5.41) is 9.23. The number of benzene rings is 1. The SMILES string of the molecule is NC1(CCc2cccc(O)c2)CC1. The van der Waals surface area contributed by atoms with Gasteiger partial charge in [-0.25, -0.2) is 0 Å². The van der Waals surface area contributed by atoms with Gasteiger partial charge in [-0.05, 0) is 43.4 Å². The molecule has 3 N–H and O–H groups in total. The van der Waals surface area contributed by atoms with Crippen molar-refractivity contribution in [1.82, 2.24) is 0 Å². The quantitative estimate of drug-likeness (QED) is 0.739. The van der Waals surface area contributed by atoms with Gasteiger partial charge in [0.15, 0.2) is 0 Å². The minimum absolute atomic E-state index is 0.117. The number of phenolic OH excluding ortho intramolecular Hbond substituents is 1. The van der Waals surface area contributed by atoms with E-state index >= 15 is 0 Å². The minimum Gasteiger partial charge on any atom is -0.508 e. The van der Waals surface area contributed by atoms with Crippen molar-refractivity contribution in [1.29, 1.82) is 0 Å². The highest BCUT2D eigenvalue weighted by molar-refractivity contribution is 5.27. The van der Waals surface area contributed by atoms with Gasteiger partial charge in [-0.15, -0.1) is 0 Å². The molecule has 0 atom stereocenters. The van der Waals surface area contributed by atoms with Crippen molar-refractivity contribution in [2.75, 3.05) is 0 Å². The zero-order valence-electron chi connectivity index (χ0n) is 7.66. The summed E-state index contributed by atoms with van der Waals surface area (Å²) < 4.78 is 0. The molecule has 0 heterocycles. The number of aryl methyl sites for hydroxylation is 1. The van der Waals surface area contributed by atoms with Crippen LogP contribution >= 0.6 is 0 Å². The van der Waals surface area contributed by atoms with Crippen LogP contribution in [0.25, 0.3) is 0 Å². The van der Waals surface area contributed by atoms with E-state index in [0.717, 1.165) is 25.7 Å². The van der Waals surface area contributed by atoms with Crippen LogP contribution in [0.3, 0.4) is 0 Å². The van der Waals surface area contributed by atoms with Gasteiger partial charge in [0.25, 0.3) is 0 Å². The van der Waals surface area contributed by atoms with Crippen molar-refractivity contribution >= 4 is 0 Å². The van der Waals surface area contributed by atoms with Gasteiger partial charge < -0.3 is 10.8 Å². The van der Waals surface area contributed by atoms with Gasteiger partial charge in [-0.1, -0.05) is 12.1 Å². The van der Waals surface area contributed by atoms with Crippen molar-refractivity contribution in [3.63, 3.8) is 0 Å². The van der Waals surface area contributed by atoms with E-state index in [1.54, 1.807) is 6.07 Å². The average molecular weight is 177 g/mol. The van der Waals surface area contributed by atoms with Crippen molar-refractivity contribution in [2.24, 2.45) is 5.73 Å². The molecule has 1 fully saturated rings. The molecular weight excluding hydrogens is 162 g/mol. The lowest BCUT2D eigenvalue weighted by Gasteiger charge is -2.07. The summed E-state index contributed by atoms with van der Waals surface area (Å²) in [5.41, 5.74) is 7.26. The average Bonchev–Trinajstić information content (AvgIpc) is 2.82. The highest BCUT2D eigenvalue weighted by Gasteiger charge is 2.37. The number of hydrogen-bond donors (Lipinski definition) is 2. The van der Waals surface area contributed by atoms with E-state index in [1.807, 2.05) is 18.2 Å². The fraction of sp³-hybridized carbons (Fsp3) is 0.455. The van der Waals surface area contributed by atoms with Crippen LogP contribution in [0.1, 0.15) is 24.8 Å². The molecule has 0 spiro atoms. The Balaban J connectivity index is 1.94. The van der Waals surface area contributed by atoms with Crippen LogP contribution in [0.4, 0.5) is 0 Å². The molecule has 2 nitrogen and oxygen atoms in total. The molecule has 0 radical (unpaired) electrons. The van der Waals surface area contributed by atoms with Gasteiger partial charge in [0.05, 0.1) is 0 Å². The third-order valence-corrected chi connectivity index (χ3v) is 2.71. The monoisotopic (exact) mass is 177 g/mol. The summed E-state index contributed by atoms with van der Waals surface area (Å²) in [6.45, 7) is 0. The Hall–Kier alpha value is -1.02. The van der Waals surface area contributed by atoms with Crippen LogP contribution in [-0.2, 0) is 6.42 Å². The molecule has 0 bridgehead atoms. The first-order valence-corrected chi connectivity index (χ1v) is 4.75. The first-order chi connectivity index (χ1) is 6.18. The minimum atomic E-state index is 0.117. The summed E-state index contributed by atoms with van der Waals surface area (Å²) in [7, 11) is 0. The van der Waals surface area contributed by atoms with Crippen LogP contribution in [0.5, 0.6) is 5.75 Å². The highest BCUT2D eigenvalue weighted by Crippen LogP contribution is 2.36. The standard InChI is InChI=1S/C11H15NO/c12-11(6-7-11)5-4-9-2-1-3-10(13)8-9/h1-3,8,13H,4-7,12H2. The van der Waals surface area contributed by atoms with Gasteiger partial charge in [-0.3, -0.25) is 0 Å². The van der Waals surface area contributed by atoms with Gasteiger partial charge >= 0.3 is 0 Å². The molecule has 0 aromatic heterocycles. The Morgan fingerprint density at radius 1 is 1.38 bits per heavy atom. The third-order valence-electron chi connectivity index (χ3n) is 2.71. The van der Waals surface area contributed by atoms with Crippen molar-refractivity contribution in [3.05, 3.63) is 29.8 Å². The number of rotatable bonds is 3. The van der Waals surface area contributed by atoms with E-state index in [0.29, 0.717) is 5.75 Å². The largest absolute Gasteiger partial charge is 0.508 e. The van der Waals surface area contributed by atoms with E-state index in [1.165, 1.54) is 5.56 Å². The zero-order valence-corrected chi connectivity index (χ0v) is 7.66. The highest BCUT2D eigenvalue weighted by atomic mass is 16.3. The molecule has 1 aromatic rings. The zero-order chi connectivity index (χ0) is 9.31. The second-order valence-corrected chi connectivity index (χ2v) is 4.03. The van der Waals surface area contributed by atoms with E-state index in [2.05, 4.69) is 0 Å². The first-order valence-electron chi connectivity index (χ1n) is 4.75. The third kappa shape index (κ3) is 2.22. The second kappa shape index (κ2) is 3.04. The molecule has 1 saturated carbocycles. The Labute approximate surface area is 78.4 Å². The number of hydrogen-bond acceptors (Lipinski definition) is 2. The molecule has 1 aliphatic rings. The lowest BCUT2D eigenvalue weighted by atomic mass is 10.0. The summed E-state index contributed by atoms with van der Waals surface area (Å²) in [4.78, 5) is 0. The Bertz CT molecular complexity index is 305. The van der Waals surface area contributed by atoms with Crippen molar-refractivity contribution in [2.45, 2.75) is 31.2 Å². The van der Waals surface area contributed by atoms with E-state index < -0.39 is 0 Å². The van der Waals surface area contributed by atoms with Gasteiger partial charge in [-0.2, -0.15) is 0 Å². The van der Waals surface area contributed by atoms with E-state index in [4.69, 9.17) is 5.73 Å². The summed E-state index contributed by atoms with van der Waals surface area (Å²) in [6, 6.07) is 7.41. The Morgan fingerprint density at radius 3 is 2.77 bits per heavy atom. The van der Waals surface area contributed by atoms with Crippen LogP contribution in [-0.4, -0.2) is 10.6 Å². The van der Waals surface area contributed by atoms with Crippen LogP contribution in [0.2, 0.25) is 0 Å². The molecule has 2 rings (SSSR count). The summed E-state index contributed by atoms with van der Waals surface area (Å²) >= 11 is 0. The fourth-order valence-corrected chi connectivity index (χ4v) is 1.52. The maximum Gasteiger partial charge on any atom is 0.115 e. The van der Waals surface area contributed by atoms with E-state index in [9.17, 15) is 5.11 Å². The maximum absolute atomic E-state index is 9.23. The molecule has 0 unspecified atom stereocenters. The smallest absolute Gasteiger partial charge is 0.115 e. The van der Waals surface area contributed by atoms with Gasteiger partial charge in [0.2, 0.25) is 0 Å². The van der Waals surface area contributed by atoms with Gasteiger partial charge in [0, 0.05) is 5.54 Å². The van der Waals surface area contributed by atoms with Crippen LogP contribution < -0.4 is 5.73 Å². The molecule has 13 heavy (non-hydrogen) atoms. The number of nitrogens with two attached hydrogens (primary N) is 1. The molecule has 1 aliphatic carbocycles. The lowest BCUT2D eigenvalue weighted by Crippen LogP contribution is -2.21.